The Morgan fingerprint density at radius 1 is 0.372 bits per heavy atom. The Kier molecular flexibility index (Phi) is 68.0. The Hall–Kier alpha value is -1.93. The molecule has 0 aromatic rings. The summed E-state index contributed by atoms with van der Waals surface area (Å²) < 4.78 is 11.2. The molecule has 1 heterocycles. The van der Waals surface area contributed by atoms with E-state index in [4.69, 9.17) is 9.47 Å². The largest absolute Gasteiger partial charge is 0.394 e. The van der Waals surface area contributed by atoms with Crippen molar-refractivity contribution in [1.29, 1.82) is 0 Å². The second kappa shape index (κ2) is 70.9. The number of amides is 1. The van der Waals surface area contributed by atoms with Crippen LogP contribution < -0.4 is 5.32 Å². The van der Waals surface area contributed by atoms with E-state index < -0.39 is 74.2 Å². The number of hydrogen-bond donors (Lipinski definition) is 8. The first-order valence-corrected chi connectivity index (χ1v) is 41.0. The Labute approximate surface area is 580 Å². The summed E-state index contributed by atoms with van der Waals surface area (Å²) in [5, 5.41) is 76.7. The van der Waals surface area contributed by atoms with E-state index >= 15 is 0 Å². The summed E-state index contributed by atoms with van der Waals surface area (Å²) in [6, 6.07) is -1.19. The quantitative estimate of drug-likeness (QED) is 0.0215. The number of nitrogens with one attached hydrogen (secondary N) is 1. The zero-order valence-corrected chi connectivity index (χ0v) is 61.7. The van der Waals surface area contributed by atoms with Gasteiger partial charge in [-0.3, -0.25) is 4.79 Å². The molecule has 1 saturated heterocycles. The smallest absolute Gasteiger partial charge is 0.249 e. The average molecular weight is 1330 g/mol. The number of carbonyl (C=O) groups is 1. The Morgan fingerprint density at radius 2 is 0.670 bits per heavy atom. The lowest BCUT2D eigenvalue weighted by Crippen LogP contribution is -2.60. The van der Waals surface area contributed by atoms with Crippen LogP contribution in [0.4, 0.5) is 0 Å². The summed E-state index contributed by atoms with van der Waals surface area (Å²) in [7, 11) is 0. The van der Waals surface area contributed by atoms with Crippen LogP contribution in [0, 0.1) is 0 Å². The van der Waals surface area contributed by atoms with Crippen molar-refractivity contribution >= 4 is 5.91 Å². The van der Waals surface area contributed by atoms with Crippen LogP contribution in [0.5, 0.6) is 0 Å². The third-order valence-corrected chi connectivity index (χ3v) is 19.8. The number of unbranched alkanes of at least 4 members (excludes halogenated alkanes) is 53. The van der Waals surface area contributed by atoms with Crippen molar-refractivity contribution in [3.63, 3.8) is 0 Å². The van der Waals surface area contributed by atoms with Gasteiger partial charge in [-0.25, -0.2) is 0 Å². The van der Waals surface area contributed by atoms with E-state index in [-0.39, 0.29) is 12.8 Å². The molecular formula is C83H157NO10. The third kappa shape index (κ3) is 56.9. The number of aliphatic hydroxyl groups is 7. The van der Waals surface area contributed by atoms with Crippen LogP contribution in [0.1, 0.15) is 406 Å². The summed E-state index contributed by atoms with van der Waals surface area (Å²) in [4.78, 5) is 13.3. The van der Waals surface area contributed by atoms with Gasteiger partial charge in [-0.05, 0) is 83.5 Å². The maximum atomic E-state index is 13.3. The normalized spacial score (nSPS) is 18.4. The highest BCUT2D eigenvalue weighted by Gasteiger charge is 2.44. The second-order valence-electron chi connectivity index (χ2n) is 28.8. The lowest BCUT2D eigenvalue weighted by Gasteiger charge is -2.40. The van der Waals surface area contributed by atoms with Gasteiger partial charge in [0.05, 0.1) is 25.4 Å². The molecule has 9 atom stereocenters. The molecule has 1 fully saturated rings. The summed E-state index contributed by atoms with van der Waals surface area (Å²) in [5.74, 6) is -0.705. The van der Waals surface area contributed by atoms with E-state index in [1.54, 1.807) is 0 Å². The van der Waals surface area contributed by atoms with Crippen molar-refractivity contribution < 1.29 is 50.0 Å². The van der Waals surface area contributed by atoms with Gasteiger partial charge in [0.25, 0.3) is 0 Å². The summed E-state index contributed by atoms with van der Waals surface area (Å²) >= 11 is 0. The van der Waals surface area contributed by atoms with Crippen molar-refractivity contribution in [3.8, 4) is 0 Å². The van der Waals surface area contributed by atoms with Gasteiger partial charge in [-0.15, -0.1) is 0 Å². The lowest BCUT2D eigenvalue weighted by molar-refractivity contribution is -0.303. The molecule has 0 aromatic heterocycles. The number of ether oxygens (including phenoxy) is 2. The van der Waals surface area contributed by atoms with Gasteiger partial charge in [-0.2, -0.15) is 0 Å². The van der Waals surface area contributed by atoms with E-state index in [1.165, 1.54) is 315 Å². The van der Waals surface area contributed by atoms with Gasteiger partial charge in [0.1, 0.15) is 36.6 Å². The zero-order chi connectivity index (χ0) is 68.1. The lowest BCUT2D eigenvalue weighted by atomic mass is 9.98. The molecule has 11 heteroatoms. The van der Waals surface area contributed by atoms with Crippen molar-refractivity contribution in [1.82, 2.24) is 5.32 Å². The monoisotopic (exact) mass is 1330 g/mol. The van der Waals surface area contributed by atoms with Crippen LogP contribution in [0.2, 0.25) is 0 Å². The van der Waals surface area contributed by atoms with Gasteiger partial charge >= 0.3 is 0 Å². The summed E-state index contributed by atoms with van der Waals surface area (Å²) in [6.45, 7) is 3.51. The standard InChI is InChI=1S/C83H157NO10/c1-3-5-7-9-11-13-15-17-19-21-23-25-27-29-31-33-35-36-37-38-39-41-43-45-47-49-51-53-55-57-59-61-63-65-67-69-71-76(87)82(92)84-74(73-93-83-81(91)80(90)79(89)77(72-85)94-83)78(88)75(86)70-68-66-64-62-60-58-56-54-52-50-48-46-44-42-40-34-32-30-28-26-24-22-20-18-16-14-12-10-8-6-4-2/h31,33,36-37,54,56,62,64,74-81,83,85-91H,3-30,32,34-35,38-53,55,57-61,63,65-73H2,1-2H3,(H,84,92)/b33-31-,37-36-,56-54+,64-62+. The fourth-order valence-electron chi connectivity index (χ4n) is 13.3. The molecule has 0 aromatic carbocycles. The van der Waals surface area contributed by atoms with Gasteiger partial charge in [0.2, 0.25) is 5.91 Å². The van der Waals surface area contributed by atoms with E-state index in [1.807, 2.05) is 0 Å². The maximum Gasteiger partial charge on any atom is 0.249 e. The molecule has 0 spiro atoms. The molecule has 1 amide bonds. The van der Waals surface area contributed by atoms with Crippen LogP contribution >= 0.6 is 0 Å². The molecule has 94 heavy (non-hydrogen) atoms. The molecule has 0 saturated carbocycles. The first kappa shape index (κ1) is 90.1. The van der Waals surface area contributed by atoms with Crippen molar-refractivity contribution in [2.75, 3.05) is 13.2 Å². The van der Waals surface area contributed by atoms with E-state index in [2.05, 4.69) is 67.8 Å². The predicted octanol–water partition coefficient (Wildman–Crippen LogP) is 21.4. The molecule has 554 valence electrons. The second-order valence-corrected chi connectivity index (χ2v) is 28.8. The molecule has 8 N–H and O–H groups in total. The fourth-order valence-corrected chi connectivity index (χ4v) is 13.3. The number of rotatable bonds is 73. The minimum absolute atomic E-state index is 0.247. The first-order chi connectivity index (χ1) is 46.2. The number of hydrogen-bond acceptors (Lipinski definition) is 10. The Morgan fingerprint density at radius 3 is 1.01 bits per heavy atom. The van der Waals surface area contributed by atoms with Crippen LogP contribution in [-0.2, 0) is 14.3 Å². The molecule has 0 aliphatic carbocycles. The van der Waals surface area contributed by atoms with Crippen LogP contribution in [0.15, 0.2) is 48.6 Å². The number of carbonyl (C=O) groups excluding carboxylic acids is 1. The molecule has 11 nitrogen and oxygen atoms in total. The fraction of sp³-hybridized carbons (Fsp3) is 0.892. The van der Waals surface area contributed by atoms with E-state index in [0.29, 0.717) is 19.3 Å². The minimum atomic E-state index is -1.67. The van der Waals surface area contributed by atoms with Gasteiger partial charge in [-0.1, -0.05) is 371 Å². The van der Waals surface area contributed by atoms with Crippen LogP contribution in [0.3, 0.4) is 0 Å². The summed E-state index contributed by atoms with van der Waals surface area (Å²) in [6.07, 6.45) is 83.9. The molecule has 0 bridgehead atoms. The zero-order valence-electron chi connectivity index (χ0n) is 61.7. The van der Waals surface area contributed by atoms with Crippen LogP contribution in [-0.4, -0.2) is 110 Å². The van der Waals surface area contributed by atoms with Gasteiger partial charge in [0.15, 0.2) is 6.29 Å². The third-order valence-electron chi connectivity index (χ3n) is 19.8. The van der Waals surface area contributed by atoms with Gasteiger partial charge in [0, 0.05) is 0 Å². The highest BCUT2D eigenvalue weighted by Crippen LogP contribution is 2.24. The maximum absolute atomic E-state index is 13.3. The van der Waals surface area contributed by atoms with Gasteiger partial charge < -0.3 is 50.5 Å². The summed E-state index contributed by atoms with van der Waals surface area (Å²) in [5.41, 5.74) is 0. The molecule has 0 radical (unpaired) electrons. The first-order valence-electron chi connectivity index (χ1n) is 41.0. The Bertz CT molecular complexity index is 1670. The molecule has 1 rings (SSSR count). The van der Waals surface area contributed by atoms with Crippen LogP contribution in [0.25, 0.3) is 0 Å². The predicted molar refractivity (Wildman–Crippen MR) is 399 cm³/mol. The minimum Gasteiger partial charge on any atom is -0.394 e. The molecule has 1 aliphatic heterocycles. The molecule has 9 unspecified atom stereocenters. The van der Waals surface area contributed by atoms with Crippen molar-refractivity contribution in [2.45, 2.75) is 461 Å². The van der Waals surface area contributed by atoms with Crippen molar-refractivity contribution in [2.24, 2.45) is 0 Å². The van der Waals surface area contributed by atoms with E-state index in [9.17, 15) is 40.5 Å². The Balaban J connectivity index is 2.15. The average Bonchev–Trinajstić information content (AvgIpc) is 0.901. The highest BCUT2D eigenvalue weighted by molar-refractivity contribution is 5.80. The molecular weight excluding hydrogens is 1170 g/mol. The molecule has 1 aliphatic rings. The number of aliphatic hydroxyl groups excluding tert-OH is 7. The SMILES string of the molecule is CCCCCCCCCCCCCCC/C=C\C/C=C\CCCCCCCCCCCCCCCCCCC(O)C(=O)NC(COC1OC(CO)C(O)C(O)C1O)C(O)C(O)CCC/C=C/CC/C=C/CCCCCCCCCCCCCCCCCCCCCCCC. The number of allylic oxidation sites excluding steroid dienone is 8. The topological polar surface area (TPSA) is 189 Å². The van der Waals surface area contributed by atoms with Crippen molar-refractivity contribution in [3.05, 3.63) is 48.6 Å². The highest BCUT2D eigenvalue weighted by atomic mass is 16.7. The van der Waals surface area contributed by atoms with E-state index in [0.717, 1.165) is 44.9 Å².